The Hall–Kier alpha value is -0.540. The van der Waals surface area contributed by atoms with Crippen LogP contribution in [-0.4, -0.2) is 37.0 Å². The Morgan fingerprint density at radius 3 is 2.93 bits per heavy atom. The van der Waals surface area contributed by atoms with Crippen LogP contribution >= 0.6 is 12.4 Å². The van der Waals surface area contributed by atoms with Crippen LogP contribution in [0.1, 0.15) is 19.3 Å². The minimum atomic E-state index is -0.0682. The Kier molecular flexibility index (Phi) is 4.17. The van der Waals surface area contributed by atoms with Gasteiger partial charge in [-0.3, -0.25) is 4.79 Å². The molecule has 0 aromatic rings. The number of nitrogens with zero attached hydrogens (tertiary/aromatic N) is 1. The number of halogens is 1. The molecule has 2 heterocycles. The molecule has 1 amide bonds. The number of hydrogen-bond acceptors (Lipinski definition) is 2. The van der Waals surface area contributed by atoms with Crippen LogP contribution in [0.4, 0.5) is 0 Å². The molecule has 1 unspecified atom stereocenters. The molecule has 2 fully saturated rings. The second-order valence-electron chi connectivity index (χ2n) is 4.35. The third-order valence-corrected chi connectivity index (χ3v) is 3.42. The maximum Gasteiger partial charge on any atom is 0.230 e. The van der Waals surface area contributed by atoms with Crippen molar-refractivity contribution in [2.24, 2.45) is 5.41 Å². The number of carbonyl (C=O) groups is 1. The van der Waals surface area contributed by atoms with E-state index >= 15 is 0 Å². The highest BCUT2D eigenvalue weighted by atomic mass is 35.5. The second kappa shape index (κ2) is 4.99. The third kappa shape index (κ3) is 2.18. The summed E-state index contributed by atoms with van der Waals surface area (Å²) in [6.45, 7) is 7.24. The van der Waals surface area contributed by atoms with Gasteiger partial charge in [0, 0.05) is 19.6 Å². The highest BCUT2D eigenvalue weighted by Gasteiger charge is 2.46. The van der Waals surface area contributed by atoms with E-state index in [0.717, 1.165) is 38.9 Å². The summed E-state index contributed by atoms with van der Waals surface area (Å²) in [6, 6.07) is 0. The zero-order valence-corrected chi connectivity index (χ0v) is 9.81. The molecule has 1 spiro atoms. The van der Waals surface area contributed by atoms with Gasteiger partial charge in [-0.25, -0.2) is 0 Å². The minimum absolute atomic E-state index is 0. The predicted molar refractivity (Wildman–Crippen MR) is 63.2 cm³/mol. The molecule has 0 aromatic heterocycles. The number of rotatable bonds is 2. The van der Waals surface area contributed by atoms with Crippen molar-refractivity contribution < 1.29 is 4.79 Å². The lowest BCUT2D eigenvalue weighted by Crippen LogP contribution is -2.45. The van der Waals surface area contributed by atoms with Gasteiger partial charge in [0.15, 0.2) is 0 Å². The first kappa shape index (κ1) is 12.5. The van der Waals surface area contributed by atoms with Crippen molar-refractivity contribution in [3.63, 3.8) is 0 Å². The molecule has 0 aliphatic carbocycles. The number of likely N-dealkylation sites (tertiary alicyclic amines) is 1. The number of hydrogen-bond donors (Lipinski definition) is 1. The van der Waals surface area contributed by atoms with Gasteiger partial charge in [-0.2, -0.15) is 0 Å². The van der Waals surface area contributed by atoms with E-state index in [1.165, 1.54) is 0 Å². The first-order chi connectivity index (χ1) is 6.78. The van der Waals surface area contributed by atoms with Gasteiger partial charge in [0.2, 0.25) is 5.91 Å². The van der Waals surface area contributed by atoms with Gasteiger partial charge in [-0.05, 0) is 25.8 Å². The number of amides is 1. The van der Waals surface area contributed by atoms with E-state index in [0.29, 0.717) is 12.5 Å². The Balaban J connectivity index is 0.00000112. The van der Waals surface area contributed by atoms with Gasteiger partial charge in [0.25, 0.3) is 0 Å². The molecule has 2 saturated heterocycles. The monoisotopic (exact) mass is 230 g/mol. The summed E-state index contributed by atoms with van der Waals surface area (Å²) in [5.74, 6) is 0.338. The van der Waals surface area contributed by atoms with Gasteiger partial charge >= 0.3 is 0 Å². The number of piperidine rings is 1. The molecule has 2 aliphatic heterocycles. The smallest absolute Gasteiger partial charge is 0.230 e. The maximum absolute atomic E-state index is 12.1. The summed E-state index contributed by atoms with van der Waals surface area (Å²) in [5, 5.41) is 3.34. The molecular formula is C11H19ClN2O. The van der Waals surface area contributed by atoms with Gasteiger partial charge < -0.3 is 10.2 Å². The summed E-state index contributed by atoms with van der Waals surface area (Å²) in [4.78, 5) is 14.0. The molecule has 0 radical (unpaired) electrons. The zero-order valence-electron chi connectivity index (χ0n) is 9.00. The van der Waals surface area contributed by atoms with Crippen molar-refractivity contribution >= 4 is 18.3 Å². The van der Waals surface area contributed by atoms with Gasteiger partial charge in [-0.15, -0.1) is 19.0 Å². The Labute approximate surface area is 97.3 Å². The van der Waals surface area contributed by atoms with Gasteiger partial charge in [0.1, 0.15) is 0 Å². The lowest BCUT2D eigenvalue weighted by atomic mass is 9.79. The lowest BCUT2D eigenvalue weighted by Gasteiger charge is -2.32. The van der Waals surface area contributed by atoms with Crippen LogP contribution in [0.5, 0.6) is 0 Å². The van der Waals surface area contributed by atoms with E-state index in [-0.39, 0.29) is 17.8 Å². The molecule has 2 aliphatic rings. The summed E-state index contributed by atoms with van der Waals surface area (Å²) in [7, 11) is 0. The molecule has 0 aromatic carbocycles. The zero-order chi connectivity index (χ0) is 10.0. The first-order valence-electron chi connectivity index (χ1n) is 5.39. The van der Waals surface area contributed by atoms with Crippen LogP contribution in [0, 0.1) is 5.41 Å². The minimum Gasteiger partial charge on any atom is -0.338 e. The fraction of sp³-hybridized carbons (Fsp3) is 0.727. The van der Waals surface area contributed by atoms with Crippen LogP contribution in [0.25, 0.3) is 0 Å². The Morgan fingerprint density at radius 2 is 2.33 bits per heavy atom. The number of nitrogens with one attached hydrogen (secondary N) is 1. The molecule has 0 saturated carbocycles. The average molecular weight is 231 g/mol. The summed E-state index contributed by atoms with van der Waals surface area (Å²) in [5.41, 5.74) is -0.0682. The van der Waals surface area contributed by atoms with Crippen LogP contribution in [0.3, 0.4) is 0 Å². The van der Waals surface area contributed by atoms with E-state index in [4.69, 9.17) is 0 Å². The van der Waals surface area contributed by atoms with Crippen molar-refractivity contribution in [2.75, 3.05) is 26.2 Å². The van der Waals surface area contributed by atoms with E-state index in [1.54, 1.807) is 0 Å². The summed E-state index contributed by atoms with van der Waals surface area (Å²) in [6.07, 6.45) is 5.03. The van der Waals surface area contributed by atoms with Crippen LogP contribution in [-0.2, 0) is 4.79 Å². The topological polar surface area (TPSA) is 32.3 Å². The van der Waals surface area contributed by atoms with E-state index in [9.17, 15) is 4.79 Å². The predicted octanol–water partition coefficient (Wildman–Crippen LogP) is 1.20. The highest BCUT2D eigenvalue weighted by molar-refractivity contribution is 5.85. The van der Waals surface area contributed by atoms with Gasteiger partial charge in [0.05, 0.1) is 5.41 Å². The van der Waals surface area contributed by atoms with E-state index < -0.39 is 0 Å². The van der Waals surface area contributed by atoms with E-state index in [2.05, 4.69) is 11.9 Å². The SMILES string of the molecule is C=CCN1CCC2(CCCNC2)C1=O.Cl. The number of carbonyl (C=O) groups excluding carboxylic acids is 1. The first-order valence-corrected chi connectivity index (χ1v) is 5.39. The Bertz CT molecular complexity index is 249. The van der Waals surface area contributed by atoms with Crippen LogP contribution in [0.2, 0.25) is 0 Å². The van der Waals surface area contributed by atoms with Crippen molar-refractivity contribution in [1.29, 1.82) is 0 Å². The molecule has 4 heteroatoms. The maximum atomic E-state index is 12.1. The molecule has 3 nitrogen and oxygen atoms in total. The largest absolute Gasteiger partial charge is 0.338 e. The van der Waals surface area contributed by atoms with Gasteiger partial charge in [-0.1, -0.05) is 6.08 Å². The third-order valence-electron chi connectivity index (χ3n) is 3.42. The van der Waals surface area contributed by atoms with Crippen molar-refractivity contribution in [2.45, 2.75) is 19.3 Å². The molecule has 0 bridgehead atoms. The molecule has 15 heavy (non-hydrogen) atoms. The lowest BCUT2D eigenvalue weighted by molar-refractivity contribution is -0.136. The van der Waals surface area contributed by atoms with Crippen LogP contribution in [0.15, 0.2) is 12.7 Å². The normalized spacial score (nSPS) is 30.4. The Morgan fingerprint density at radius 1 is 1.53 bits per heavy atom. The average Bonchev–Trinajstić information content (AvgIpc) is 2.50. The summed E-state index contributed by atoms with van der Waals surface area (Å²) >= 11 is 0. The molecule has 1 N–H and O–H groups in total. The fourth-order valence-electron chi connectivity index (χ4n) is 2.59. The molecular weight excluding hydrogens is 212 g/mol. The quantitative estimate of drug-likeness (QED) is 0.723. The fourth-order valence-corrected chi connectivity index (χ4v) is 2.59. The molecule has 2 rings (SSSR count). The molecule has 86 valence electrons. The van der Waals surface area contributed by atoms with E-state index in [1.807, 2.05) is 11.0 Å². The summed E-state index contributed by atoms with van der Waals surface area (Å²) < 4.78 is 0. The second-order valence-corrected chi connectivity index (χ2v) is 4.35. The standard InChI is InChI=1S/C11H18N2O.ClH/c1-2-7-13-8-5-11(10(13)14)4-3-6-12-9-11;/h2,12H,1,3-9H2;1H. The molecule has 1 atom stereocenters. The van der Waals surface area contributed by atoms with Crippen LogP contribution < -0.4 is 5.32 Å². The van der Waals surface area contributed by atoms with Crippen molar-refractivity contribution in [1.82, 2.24) is 10.2 Å². The van der Waals surface area contributed by atoms with Crippen molar-refractivity contribution in [3.8, 4) is 0 Å². The van der Waals surface area contributed by atoms with Crippen molar-refractivity contribution in [3.05, 3.63) is 12.7 Å². The highest BCUT2D eigenvalue weighted by Crippen LogP contribution is 2.37.